The van der Waals surface area contributed by atoms with Gasteiger partial charge in [0.05, 0.1) is 6.54 Å². The minimum Gasteiger partial charge on any atom is -0.480 e. The number of rotatable bonds is 6. The number of alkyl carbamates (subject to hydrolysis) is 1. The van der Waals surface area contributed by atoms with Crippen LogP contribution in [0.4, 0.5) is 9.18 Å². The van der Waals surface area contributed by atoms with Gasteiger partial charge in [0, 0.05) is 29.1 Å². The van der Waals surface area contributed by atoms with Gasteiger partial charge in [-0.25, -0.2) is 14.0 Å². The lowest BCUT2D eigenvalue weighted by Gasteiger charge is -2.22. The van der Waals surface area contributed by atoms with Crippen LogP contribution in [0.2, 0.25) is 0 Å². The highest BCUT2D eigenvalue weighted by Gasteiger charge is 2.25. The van der Waals surface area contributed by atoms with Crippen LogP contribution >= 0.6 is 0 Å². The molecule has 0 radical (unpaired) electrons. The van der Waals surface area contributed by atoms with Gasteiger partial charge in [0.15, 0.2) is 0 Å². The first-order valence-corrected chi connectivity index (χ1v) is 9.66. The number of carbonyl (C=O) groups excluding carboxylic acids is 1. The van der Waals surface area contributed by atoms with Crippen LogP contribution in [0.5, 0.6) is 0 Å². The number of carboxylic acid groups (broad SMARTS) is 1. The quantitative estimate of drug-likeness (QED) is 0.631. The average Bonchev–Trinajstić information content (AvgIpc) is 2.99. The zero-order chi connectivity index (χ0) is 21.9. The molecule has 0 fully saturated rings. The molecule has 1 amide bonds. The number of benzene rings is 2. The highest BCUT2D eigenvalue weighted by atomic mass is 19.1. The standard InChI is InChI=1S/C23H25FN2O4/c1-23(2,3)30-22(29)25-19(21(27)28)12-16-14-26(20-11-7-5-9-17(16)20)13-15-8-4-6-10-18(15)24/h4-11,14,19H,12-13H2,1-3H3,(H,25,29)(H,27,28). The Balaban J connectivity index is 1.88. The Morgan fingerprint density at radius 3 is 2.43 bits per heavy atom. The average molecular weight is 412 g/mol. The van der Waals surface area contributed by atoms with Gasteiger partial charge in [-0.1, -0.05) is 36.4 Å². The zero-order valence-corrected chi connectivity index (χ0v) is 17.2. The largest absolute Gasteiger partial charge is 0.480 e. The predicted molar refractivity (Wildman–Crippen MR) is 112 cm³/mol. The van der Waals surface area contributed by atoms with Gasteiger partial charge in [0.25, 0.3) is 0 Å². The van der Waals surface area contributed by atoms with Crippen molar-refractivity contribution in [2.75, 3.05) is 0 Å². The van der Waals surface area contributed by atoms with Gasteiger partial charge in [-0.15, -0.1) is 0 Å². The number of carboxylic acids is 1. The van der Waals surface area contributed by atoms with Crippen molar-refractivity contribution in [3.05, 3.63) is 71.7 Å². The number of nitrogens with one attached hydrogen (secondary N) is 1. The number of fused-ring (bicyclic) bond motifs is 1. The monoisotopic (exact) mass is 412 g/mol. The van der Waals surface area contributed by atoms with Crippen LogP contribution in [-0.4, -0.2) is 33.4 Å². The first kappa shape index (κ1) is 21.4. The normalized spacial score (nSPS) is 12.5. The summed E-state index contributed by atoms with van der Waals surface area (Å²) < 4.78 is 21.2. The van der Waals surface area contributed by atoms with Crippen molar-refractivity contribution >= 4 is 23.0 Å². The summed E-state index contributed by atoms with van der Waals surface area (Å²) in [5.74, 6) is -1.46. The fourth-order valence-corrected chi connectivity index (χ4v) is 3.30. The highest BCUT2D eigenvalue weighted by molar-refractivity contribution is 5.86. The molecule has 158 valence electrons. The number of nitrogens with zero attached hydrogens (tertiary/aromatic N) is 1. The molecule has 1 heterocycles. The van der Waals surface area contributed by atoms with E-state index >= 15 is 0 Å². The highest BCUT2D eigenvalue weighted by Crippen LogP contribution is 2.24. The predicted octanol–water partition coefficient (Wildman–Crippen LogP) is 4.35. The summed E-state index contributed by atoms with van der Waals surface area (Å²) >= 11 is 0. The van der Waals surface area contributed by atoms with E-state index in [1.54, 1.807) is 39.0 Å². The number of halogens is 1. The lowest BCUT2D eigenvalue weighted by atomic mass is 10.1. The minimum atomic E-state index is -1.16. The van der Waals surface area contributed by atoms with E-state index in [0.717, 1.165) is 16.5 Å². The molecule has 30 heavy (non-hydrogen) atoms. The van der Waals surface area contributed by atoms with Crippen molar-refractivity contribution in [2.45, 2.75) is 45.4 Å². The second-order valence-corrected chi connectivity index (χ2v) is 8.13. The lowest BCUT2D eigenvalue weighted by molar-refractivity contribution is -0.139. The van der Waals surface area contributed by atoms with Gasteiger partial charge >= 0.3 is 12.1 Å². The van der Waals surface area contributed by atoms with Crippen LogP contribution < -0.4 is 5.32 Å². The molecule has 1 unspecified atom stereocenters. The maximum absolute atomic E-state index is 14.1. The van der Waals surface area contributed by atoms with Crippen molar-refractivity contribution in [3.63, 3.8) is 0 Å². The van der Waals surface area contributed by atoms with Crippen molar-refractivity contribution in [2.24, 2.45) is 0 Å². The van der Waals surface area contributed by atoms with Crippen molar-refractivity contribution in [1.82, 2.24) is 9.88 Å². The van der Waals surface area contributed by atoms with Crippen LogP contribution in [-0.2, 0) is 22.5 Å². The number of para-hydroxylation sites is 1. The van der Waals surface area contributed by atoms with E-state index < -0.39 is 23.7 Å². The number of aliphatic carboxylic acids is 1. The molecule has 6 nitrogen and oxygen atoms in total. The SMILES string of the molecule is CC(C)(C)OC(=O)NC(Cc1cn(Cc2ccccc2F)c2ccccc12)C(=O)O. The third-order valence-electron chi connectivity index (χ3n) is 4.58. The van der Waals surface area contributed by atoms with Crippen molar-refractivity contribution in [1.29, 1.82) is 0 Å². The molecule has 3 aromatic rings. The van der Waals surface area contributed by atoms with E-state index in [1.807, 2.05) is 35.0 Å². The molecule has 7 heteroatoms. The van der Waals surface area contributed by atoms with Crippen molar-refractivity contribution in [3.8, 4) is 0 Å². The summed E-state index contributed by atoms with van der Waals surface area (Å²) in [7, 11) is 0. The van der Waals surface area contributed by atoms with Gasteiger partial charge in [-0.05, 0) is 38.5 Å². The molecule has 2 N–H and O–H groups in total. The smallest absolute Gasteiger partial charge is 0.408 e. The van der Waals surface area contributed by atoms with Crippen LogP contribution in [0.25, 0.3) is 10.9 Å². The first-order valence-electron chi connectivity index (χ1n) is 9.66. The Labute approximate surface area is 174 Å². The summed E-state index contributed by atoms with van der Waals surface area (Å²) in [6.07, 6.45) is 1.09. The molecule has 1 aromatic heterocycles. The molecule has 2 aromatic carbocycles. The molecular formula is C23H25FN2O4. The Bertz CT molecular complexity index is 1070. The second-order valence-electron chi connectivity index (χ2n) is 8.13. The summed E-state index contributed by atoms with van der Waals surface area (Å²) in [5.41, 5.74) is 1.40. The molecule has 0 saturated heterocycles. The third kappa shape index (κ3) is 5.17. The Hall–Kier alpha value is -3.35. The van der Waals surface area contributed by atoms with Crippen LogP contribution in [0.3, 0.4) is 0 Å². The Morgan fingerprint density at radius 2 is 1.77 bits per heavy atom. The molecule has 0 saturated carbocycles. The molecule has 0 bridgehead atoms. The van der Waals surface area contributed by atoms with E-state index in [0.29, 0.717) is 12.1 Å². The summed E-state index contributed by atoms with van der Waals surface area (Å²) in [6, 6.07) is 12.9. The maximum atomic E-state index is 14.1. The molecule has 1 atom stereocenters. The number of amides is 1. The van der Waals surface area contributed by atoms with Crippen LogP contribution in [0, 0.1) is 5.82 Å². The number of ether oxygens (including phenoxy) is 1. The fraction of sp³-hybridized carbons (Fsp3) is 0.304. The molecular weight excluding hydrogens is 387 g/mol. The lowest BCUT2D eigenvalue weighted by Crippen LogP contribution is -2.44. The van der Waals surface area contributed by atoms with E-state index in [-0.39, 0.29) is 12.2 Å². The summed E-state index contributed by atoms with van der Waals surface area (Å²) in [5, 5.41) is 12.9. The van der Waals surface area contributed by atoms with Gasteiger partial charge in [0.2, 0.25) is 0 Å². The van der Waals surface area contributed by atoms with Crippen LogP contribution in [0.15, 0.2) is 54.7 Å². The maximum Gasteiger partial charge on any atom is 0.408 e. The minimum absolute atomic E-state index is 0.0688. The molecule has 0 aliphatic carbocycles. The Kier molecular flexibility index (Phi) is 6.10. The number of hydrogen-bond acceptors (Lipinski definition) is 3. The Morgan fingerprint density at radius 1 is 1.10 bits per heavy atom. The van der Waals surface area contributed by atoms with E-state index in [2.05, 4.69) is 5.32 Å². The number of aromatic nitrogens is 1. The number of carbonyl (C=O) groups is 2. The molecule has 0 aliphatic heterocycles. The van der Waals surface area contributed by atoms with Gasteiger partial charge in [-0.2, -0.15) is 0 Å². The molecule has 0 aliphatic rings. The molecule has 3 rings (SSSR count). The van der Waals surface area contributed by atoms with Gasteiger partial charge in [-0.3, -0.25) is 0 Å². The van der Waals surface area contributed by atoms with E-state index in [4.69, 9.17) is 4.74 Å². The summed E-state index contributed by atoms with van der Waals surface area (Å²) in [4.78, 5) is 23.8. The molecule has 0 spiro atoms. The number of hydrogen-bond donors (Lipinski definition) is 2. The topological polar surface area (TPSA) is 80.6 Å². The van der Waals surface area contributed by atoms with E-state index in [1.165, 1.54) is 6.07 Å². The zero-order valence-electron chi connectivity index (χ0n) is 17.2. The van der Waals surface area contributed by atoms with Crippen molar-refractivity contribution < 1.29 is 23.8 Å². The van der Waals surface area contributed by atoms with Gasteiger partial charge < -0.3 is 19.7 Å². The van der Waals surface area contributed by atoms with E-state index in [9.17, 15) is 19.1 Å². The van der Waals surface area contributed by atoms with Crippen LogP contribution in [0.1, 0.15) is 31.9 Å². The fourth-order valence-electron chi connectivity index (χ4n) is 3.30. The summed E-state index contributed by atoms with van der Waals surface area (Å²) in [6.45, 7) is 5.43. The van der Waals surface area contributed by atoms with Gasteiger partial charge in [0.1, 0.15) is 17.5 Å². The third-order valence-corrected chi connectivity index (χ3v) is 4.58. The first-order chi connectivity index (χ1) is 14.1. The second kappa shape index (κ2) is 8.57.